The molecule has 28 heavy (non-hydrogen) atoms. The van der Waals surface area contributed by atoms with Gasteiger partial charge in [0.05, 0.1) is 12.3 Å². The molecule has 2 N–H and O–H groups in total. The molecule has 0 bridgehead atoms. The Hall–Kier alpha value is -2.44. The van der Waals surface area contributed by atoms with Gasteiger partial charge in [-0.2, -0.15) is 0 Å². The molecule has 1 saturated heterocycles. The second-order valence-electron chi connectivity index (χ2n) is 7.55. The lowest BCUT2D eigenvalue weighted by atomic mass is 9.96. The van der Waals surface area contributed by atoms with Crippen LogP contribution in [0.4, 0.5) is 5.69 Å². The predicted octanol–water partition coefficient (Wildman–Crippen LogP) is 2.76. The molecule has 1 aliphatic rings. The fourth-order valence-corrected chi connectivity index (χ4v) is 3.72. The highest BCUT2D eigenvalue weighted by molar-refractivity contribution is 5.94. The lowest BCUT2D eigenvalue weighted by Gasteiger charge is -2.33. The van der Waals surface area contributed by atoms with Crippen molar-refractivity contribution in [2.24, 2.45) is 5.92 Å². The zero-order valence-electron chi connectivity index (χ0n) is 16.8. The number of pyridine rings is 1. The second-order valence-corrected chi connectivity index (χ2v) is 7.55. The van der Waals surface area contributed by atoms with Gasteiger partial charge in [-0.25, -0.2) is 0 Å². The fourth-order valence-electron chi connectivity index (χ4n) is 3.72. The Balaban J connectivity index is 1.54. The summed E-state index contributed by atoms with van der Waals surface area (Å²) < 4.78 is 5.15. The summed E-state index contributed by atoms with van der Waals surface area (Å²) in [7, 11) is 3.64. The number of nitrogen functional groups attached to an aromatic ring is 1. The molecule has 0 spiro atoms. The average Bonchev–Trinajstić information content (AvgIpc) is 2.73. The number of rotatable bonds is 7. The number of piperidine rings is 1. The first kappa shape index (κ1) is 20.3. The third kappa shape index (κ3) is 5.30. The summed E-state index contributed by atoms with van der Waals surface area (Å²) in [5.74, 6) is 0.629. The molecule has 1 aromatic heterocycles. The zero-order chi connectivity index (χ0) is 19.9. The molecule has 1 fully saturated rings. The lowest BCUT2D eigenvalue weighted by molar-refractivity contribution is 0.0724. The molecule has 0 atom stereocenters. The van der Waals surface area contributed by atoms with Crippen molar-refractivity contribution in [3.63, 3.8) is 0 Å². The van der Waals surface area contributed by atoms with Gasteiger partial charge in [-0.15, -0.1) is 0 Å². The number of carbonyl (C=O) groups excluding carboxylic acids is 1. The predicted molar refractivity (Wildman–Crippen MR) is 112 cm³/mol. The van der Waals surface area contributed by atoms with Crippen molar-refractivity contribution in [1.82, 2.24) is 14.8 Å². The molecule has 2 heterocycles. The van der Waals surface area contributed by atoms with Crippen LogP contribution in [0, 0.1) is 5.92 Å². The Morgan fingerprint density at radius 3 is 2.57 bits per heavy atom. The maximum absolute atomic E-state index is 12.8. The smallest absolute Gasteiger partial charge is 0.253 e. The quantitative estimate of drug-likeness (QED) is 0.797. The number of carbonyl (C=O) groups is 1. The van der Waals surface area contributed by atoms with Crippen LogP contribution in [0.25, 0.3) is 11.1 Å². The molecule has 0 radical (unpaired) electrons. The molecule has 6 nitrogen and oxygen atoms in total. The molecule has 150 valence electrons. The minimum Gasteiger partial charge on any atom is -0.397 e. The highest BCUT2D eigenvalue weighted by Gasteiger charge is 2.22. The van der Waals surface area contributed by atoms with Crippen molar-refractivity contribution in [2.45, 2.75) is 12.8 Å². The molecular formula is C22H30N4O2. The van der Waals surface area contributed by atoms with Crippen LogP contribution < -0.4 is 5.73 Å². The van der Waals surface area contributed by atoms with E-state index in [1.54, 1.807) is 19.5 Å². The van der Waals surface area contributed by atoms with Gasteiger partial charge in [0.25, 0.3) is 5.91 Å². The van der Waals surface area contributed by atoms with E-state index in [-0.39, 0.29) is 5.91 Å². The number of aromatic nitrogens is 1. The van der Waals surface area contributed by atoms with Crippen molar-refractivity contribution in [3.05, 3.63) is 48.3 Å². The number of anilines is 1. The number of nitrogens with zero attached hydrogens (tertiary/aromatic N) is 3. The van der Waals surface area contributed by atoms with E-state index in [1.165, 1.54) is 0 Å². The number of benzene rings is 1. The first-order chi connectivity index (χ1) is 13.6. The van der Waals surface area contributed by atoms with E-state index in [4.69, 9.17) is 10.5 Å². The van der Waals surface area contributed by atoms with E-state index >= 15 is 0 Å². The second kappa shape index (κ2) is 9.66. The summed E-state index contributed by atoms with van der Waals surface area (Å²) in [6.45, 7) is 4.74. The molecular weight excluding hydrogens is 352 g/mol. The minimum absolute atomic E-state index is 0.0686. The standard InChI is InChI=1S/C22H30N4O2/c1-25(16-17-7-9-26(10-8-17)11-12-28-2)22(27)19-5-3-18(4-6-19)20-13-21(23)15-24-14-20/h3-6,13-15,17H,7-12,16,23H2,1-2H3. The van der Waals surface area contributed by atoms with Crippen LogP contribution >= 0.6 is 0 Å². The summed E-state index contributed by atoms with van der Waals surface area (Å²) in [6.07, 6.45) is 5.65. The molecule has 0 unspecified atom stereocenters. The maximum atomic E-state index is 12.8. The van der Waals surface area contributed by atoms with Gasteiger partial charge in [-0.3, -0.25) is 9.78 Å². The Bertz CT molecular complexity index is 770. The first-order valence-corrected chi connectivity index (χ1v) is 9.84. The van der Waals surface area contributed by atoms with Crippen LogP contribution in [0.1, 0.15) is 23.2 Å². The van der Waals surface area contributed by atoms with Crippen LogP contribution in [-0.4, -0.2) is 67.6 Å². The van der Waals surface area contributed by atoms with E-state index in [0.717, 1.165) is 56.8 Å². The number of methoxy groups -OCH3 is 1. The fraction of sp³-hybridized carbons (Fsp3) is 0.455. The topological polar surface area (TPSA) is 71.7 Å². The highest BCUT2D eigenvalue weighted by Crippen LogP contribution is 2.22. The average molecular weight is 383 g/mol. The van der Waals surface area contributed by atoms with E-state index in [0.29, 0.717) is 17.2 Å². The largest absolute Gasteiger partial charge is 0.397 e. The van der Waals surface area contributed by atoms with Crippen LogP contribution in [0.15, 0.2) is 42.7 Å². The van der Waals surface area contributed by atoms with Crippen LogP contribution in [-0.2, 0) is 4.74 Å². The van der Waals surface area contributed by atoms with Gasteiger partial charge in [-0.05, 0) is 55.6 Å². The maximum Gasteiger partial charge on any atom is 0.253 e. The summed E-state index contributed by atoms with van der Waals surface area (Å²) in [5.41, 5.74) is 9.10. The summed E-state index contributed by atoms with van der Waals surface area (Å²) in [6, 6.07) is 9.54. The van der Waals surface area contributed by atoms with E-state index in [9.17, 15) is 4.79 Å². The molecule has 1 aromatic carbocycles. The number of amides is 1. The number of ether oxygens (including phenoxy) is 1. The monoisotopic (exact) mass is 382 g/mol. The number of nitrogens with two attached hydrogens (primary N) is 1. The molecule has 0 saturated carbocycles. The van der Waals surface area contributed by atoms with Crippen molar-refractivity contribution in [3.8, 4) is 11.1 Å². The molecule has 1 aliphatic heterocycles. The summed E-state index contributed by atoms with van der Waals surface area (Å²) in [4.78, 5) is 21.2. The lowest BCUT2D eigenvalue weighted by Crippen LogP contribution is -2.40. The Morgan fingerprint density at radius 2 is 1.93 bits per heavy atom. The molecule has 2 aromatic rings. The zero-order valence-corrected chi connectivity index (χ0v) is 16.8. The molecule has 3 rings (SSSR count). The van der Waals surface area contributed by atoms with E-state index in [1.807, 2.05) is 42.3 Å². The molecule has 1 amide bonds. The number of hydrogen-bond donors (Lipinski definition) is 1. The summed E-state index contributed by atoms with van der Waals surface area (Å²) >= 11 is 0. The van der Waals surface area contributed by atoms with Crippen molar-refractivity contribution < 1.29 is 9.53 Å². The normalized spacial score (nSPS) is 15.5. The van der Waals surface area contributed by atoms with Crippen molar-refractivity contribution in [2.75, 3.05) is 52.7 Å². The Morgan fingerprint density at radius 1 is 1.21 bits per heavy atom. The van der Waals surface area contributed by atoms with Gasteiger partial charge < -0.3 is 20.3 Å². The number of hydrogen-bond acceptors (Lipinski definition) is 5. The van der Waals surface area contributed by atoms with E-state index < -0.39 is 0 Å². The Kier molecular flexibility index (Phi) is 7.01. The molecule has 6 heteroatoms. The van der Waals surface area contributed by atoms with E-state index in [2.05, 4.69) is 9.88 Å². The van der Waals surface area contributed by atoms with Gasteiger partial charge in [0.15, 0.2) is 0 Å². The van der Waals surface area contributed by atoms with Crippen LogP contribution in [0.5, 0.6) is 0 Å². The first-order valence-electron chi connectivity index (χ1n) is 9.84. The van der Waals surface area contributed by atoms with Crippen LogP contribution in [0.2, 0.25) is 0 Å². The molecule has 0 aliphatic carbocycles. The van der Waals surface area contributed by atoms with Gasteiger partial charge in [0.2, 0.25) is 0 Å². The van der Waals surface area contributed by atoms with Gasteiger partial charge in [-0.1, -0.05) is 12.1 Å². The highest BCUT2D eigenvalue weighted by atomic mass is 16.5. The van der Waals surface area contributed by atoms with Gasteiger partial charge >= 0.3 is 0 Å². The van der Waals surface area contributed by atoms with Crippen LogP contribution in [0.3, 0.4) is 0 Å². The SMILES string of the molecule is COCCN1CCC(CN(C)C(=O)c2ccc(-c3cncc(N)c3)cc2)CC1. The summed E-state index contributed by atoms with van der Waals surface area (Å²) in [5, 5.41) is 0. The minimum atomic E-state index is 0.0686. The van der Waals surface area contributed by atoms with Gasteiger partial charge in [0, 0.05) is 50.8 Å². The van der Waals surface area contributed by atoms with Crippen molar-refractivity contribution in [1.29, 1.82) is 0 Å². The van der Waals surface area contributed by atoms with Gasteiger partial charge in [0.1, 0.15) is 0 Å². The Labute approximate surface area is 167 Å². The third-order valence-corrected chi connectivity index (χ3v) is 5.42. The third-order valence-electron chi connectivity index (χ3n) is 5.42. The number of likely N-dealkylation sites (tertiary alicyclic amines) is 1. The van der Waals surface area contributed by atoms with Crippen molar-refractivity contribution >= 4 is 11.6 Å².